The van der Waals surface area contributed by atoms with Crippen LogP contribution in [0.1, 0.15) is 31.2 Å². The molecule has 1 heterocycles. The highest BCUT2D eigenvalue weighted by Crippen LogP contribution is 2.28. The zero-order chi connectivity index (χ0) is 20.9. The van der Waals surface area contributed by atoms with Crippen LogP contribution in [-0.2, 0) is 6.54 Å². The third kappa shape index (κ3) is 5.21. The number of nitrogens with zero attached hydrogens (tertiary/aromatic N) is 3. The Hall–Kier alpha value is -2.37. The minimum atomic E-state index is 0.436. The highest BCUT2D eigenvalue weighted by Gasteiger charge is 2.22. The van der Waals surface area contributed by atoms with Gasteiger partial charge in [0.25, 0.3) is 0 Å². The summed E-state index contributed by atoms with van der Waals surface area (Å²) in [4.78, 5) is 11.6. The molecule has 0 atom stereocenters. The van der Waals surface area contributed by atoms with E-state index in [4.69, 9.17) is 21.6 Å². The molecule has 1 saturated carbocycles. The van der Waals surface area contributed by atoms with Crippen molar-refractivity contribution >= 4 is 34.3 Å². The summed E-state index contributed by atoms with van der Waals surface area (Å²) in [6.07, 6.45) is 4.73. The Kier molecular flexibility index (Phi) is 6.70. The Labute approximate surface area is 183 Å². The molecule has 1 aliphatic carbocycles. The van der Waals surface area contributed by atoms with Crippen LogP contribution in [0.4, 0.5) is 11.8 Å². The Balaban J connectivity index is 1.29. The average Bonchev–Trinajstić information content (AvgIpc) is 2.74. The standard InChI is InChI=1S/C24H30ClN5/c1-30(2)23-21-8-3-4-9-22(21)28-24(29-23)27-20-12-10-17(11-13-20)15-26-16-18-6-5-7-19(25)14-18/h3-9,14,17,20,26H,10-13,15-16H2,1-2H3,(H,27,28,29). The van der Waals surface area contributed by atoms with Gasteiger partial charge in [-0.25, -0.2) is 4.98 Å². The van der Waals surface area contributed by atoms with E-state index in [9.17, 15) is 0 Å². The van der Waals surface area contributed by atoms with Crippen LogP contribution in [0.3, 0.4) is 0 Å². The number of anilines is 2. The molecule has 3 aromatic rings. The monoisotopic (exact) mass is 423 g/mol. The second-order valence-electron chi connectivity index (χ2n) is 8.41. The second kappa shape index (κ2) is 9.63. The van der Waals surface area contributed by atoms with E-state index in [1.165, 1.54) is 18.4 Å². The van der Waals surface area contributed by atoms with Gasteiger partial charge in [-0.3, -0.25) is 0 Å². The van der Waals surface area contributed by atoms with Gasteiger partial charge in [0.1, 0.15) is 5.82 Å². The lowest BCUT2D eigenvalue weighted by atomic mass is 9.86. The molecule has 6 heteroatoms. The van der Waals surface area contributed by atoms with Gasteiger partial charge in [0.05, 0.1) is 5.52 Å². The van der Waals surface area contributed by atoms with Crippen LogP contribution in [-0.4, -0.2) is 36.6 Å². The van der Waals surface area contributed by atoms with E-state index in [1.807, 2.05) is 44.4 Å². The van der Waals surface area contributed by atoms with E-state index in [0.29, 0.717) is 6.04 Å². The van der Waals surface area contributed by atoms with Crippen molar-refractivity contribution < 1.29 is 0 Å². The van der Waals surface area contributed by atoms with Crippen LogP contribution in [0.5, 0.6) is 0 Å². The maximum Gasteiger partial charge on any atom is 0.225 e. The fraction of sp³-hybridized carbons (Fsp3) is 0.417. The Morgan fingerprint density at radius 2 is 1.80 bits per heavy atom. The van der Waals surface area contributed by atoms with Crippen LogP contribution in [0.15, 0.2) is 48.5 Å². The molecule has 1 aromatic heterocycles. The minimum Gasteiger partial charge on any atom is -0.362 e. The molecular weight excluding hydrogens is 394 g/mol. The van der Waals surface area contributed by atoms with Gasteiger partial charge in [0.2, 0.25) is 5.95 Å². The molecule has 0 amide bonds. The zero-order valence-electron chi connectivity index (χ0n) is 17.7. The van der Waals surface area contributed by atoms with Crippen LogP contribution in [0, 0.1) is 5.92 Å². The van der Waals surface area contributed by atoms with Crippen molar-refractivity contribution in [2.75, 3.05) is 30.9 Å². The highest BCUT2D eigenvalue weighted by molar-refractivity contribution is 6.30. The molecule has 1 fully saturated rings. The number of hydrogen-bond acceptors (Lipinski definition) is 5. The van der Waals surface area contributed by atoms with E-state index in [0.717, 1.165) is 59.5 Å². The number of hydrogen-bond donors (Lipinski definition) is 2. The summed E-state index contributed by atoms with van der Waals surface area (Å²) in [5.41, 5.74) is 2.22. The largest absolute Gasteiger partial charge is 0.362 e. The Morgan fingerprint density at radius 3 is 2.57 bits per heavy atom. The van der Waals surface area contributed by atoms with Gasteiger partial charge >= 0.3 is 0 Å². The lowest BCUT2D eigenvalue weighted by Crippen LogP contribution is -2.31. The van der Waals surface area contributed by atoms with Crippen LogP contribution in [0.25, 0.3) is 10.9 Å². The molecule has 158 valence electrons. The Bertz CT molecular complexity index is 982. The predicted octanol–water partition coefficient (Wildman–Crippen LogP) is 5.11. The number of benzene rings is 2. The molecule has 0 aliphatic heterocycles. The quantitative estimate of drug-likeness (QED) is 0.553. The third-order valence-electron chi connectivity index (χ3n) is 5.84. The first kappa shape index (κ1) is 20.9. The second-order valence-corrected chi connectivity index (χ2v) is 8.84. The molecule has 5 nitrogen and oxygen atoms in total. The average molecular weight is 424 g/mol. The minimum absolute atomic E-state index is 0.436. The molecule has 2 aromatic carbocycles. The van der Waals surface area contributed by atoms with Crippen molar-refractivity contribution in [2.45, 2.75) is 38.3 Å². The van der Waals surface area contributed by atoms with Gasteiger partial charge in [-0.15, -0.1) is 0 Å². The molecular formula is C24H30ClN5. The first-order chi connectivity index (χ1) is 14.6. The van der Waals surface area contributed by atoms with E-state index >= 15 is 0 Å². The lowest BCUT2D eigenvalue weighted by molar-refractivity contribution is 0.324. The van der Waals surface area contributed by atoms with Crippen molar-refractivity contribution in [1.82, 2.24) is 15.3 Å². The van der Waals surface area contributed by atoms with Gasteiger partial charge in [0, 0.05) is 37.1 Å². The summed E-state index contributed by atoms with van der Waals surface area (Å²) < 4.78 is 0. The lowest BCUT2D eigenvalue weighted by Gasteiger charge is -2.29. The molecule has 4 rings (SSSR count). The normalized spacial score (nSPS) is 19.0. The number of halogens is 1. The SMILES string of the molecule is CN(C)c1nc(NC2CCC(CNCc3cccc(Cl)c3)CC2)nc2ccccc12. The molecule has 1 aliphatic rings. The van der Waals surface area contributed by atoms with Crippen LogP contribution < -0.4 is 15.5 Å². The summed E-state index contributed by atoms with van der Waals surface area (Å²) in [5, 5.41) is 9.07. The fourth-order valence-corrected chi connectivity index (χ4v) is 4.44. The smallest absolute Gasteiger partial charge is 0.225 e. The van der Waals surface area contributed by atoms with Gasteiger partial charge in [-0.1, -0.05) is 35.9 Å². The van der Waals surface area contributed by atoms with E-state index in [1.54, 1.807) is 0 Å². The number of fused-ring (bicyclic) bond motifs is 1. The molecule has 0 unspecified atom stereocenters. The van der Waals surface area contributed by atoms with E-state index < -0.39 is 0 Å². The molecule has 2 N–H and O–H groups in total. The van der Waals surface area contributed by atoms with Gasteiger partial charge < -0.3 is 15.5 Å². The van der Waals surface area contributed by atoms with Crippen molar-refractivity contribution in [3.05, 3.63) is 59.1 Å². The summed E-state index contributed by atoms with van der Waals surface area (Å²) >= 11 is 6.07. The molecule has 0 bridgehead atoms. The third-order valence-corrected chi connectivity index (χ3v) is 6.07. The van der Waals surface area contributed by atoms with E-state index in [-0.39, 0.29) is 0 Å². The predicted molar refractivity (Wildman–Crippen MR) is 126 cm³/mol. The van der Waals surface area contributed by atoms with Crippen molar-refractivity contribution in [2.24, 2.45) is 5.92 Å². The van der Waals surface area contributed by atoms with Crippen LogP contribution in [0.2, 0.25) is 5.02 Å². The van der Waals surface area contributed by atoms with E-state index in [2.05, 4.69) is 33.7 Å². The number of aromatic nitrogens is 2. The zero-order valence-corrected chi connectivity index (χ0v) is 18.5. The topological polar surface area (TPSA) is 53.1 Å². The van der Waals surface area contributed by atoms with Crippen molar-refractivity contribution in [3.63, 3.8) is 0 Å². The van der Waals surface area contributed by atoms with Gasteiger partial charge in [-0.05, 0) is 68.0 Å². The first-order valence-corrected chi connectivity index (χ1v) is 11.1. The van der Waals surface area contributed by atoms with Gasteiger partial charge in [-0.2, -0.15) is 4.98 Å². The molecule has 0 radical (unpaired) electrons. The molecule has 30 heavy (non-hydrogen) atoms. The summed E-state index contributed by atoms with van der Waals surface area (Å²) in [5.74, 6) is 2.42. The molecule has 0 spiro atoms. The summed E-state index contributed by atoms with van der Waals surface area (Å²) in [7, 11) is 4.06. The fourth-order valence-electron chi connectivity index (χ4n) is 4.23. The summed E-state index contributed by atoms with van der Waals surface area (Å²) in [6, 6.07) is 16.7. The summed E-state index contributed by atoms with van der Waals surface area (Å²) in [6.45, 7) is 1.92. The first-order valence-electron chi connectivity index (χ1n) is 10.7. The maximum absolute atomic E-state index is 6.07. The van der Waals surface area contributed by atoms with Crippen molar-refractivity contribution in [3.8, 4) is 0 Å². The number of para-hydroxylation sites is 1. The number of nitrogens with one attached hydrogen (secondary N) is 2. The highest BCUT2D eigenvalue weighted by atomic mass is 35.5. The Morgan fingerprint density at radius 1 is 1.00 bits per heavy atom. The number of rotatable bonds is 7. The maximum atomic E-state index is 6.07. The molecule has 0 saturated heterocycles. The van der Waals surface area contributed by atoms with Gasteiger partial charge in [0.15, 0.2) is 0 Å². The van der Waals surface area contributed by atoms with Crippen molar-refractivity contribution in [1.29, 1.82) is 0 Å². The van der Waals surface area contributed by atoms with Crippen LogP contribution >= 0.6 is 11.6 Å².